The molecular weight excluding hydrogens is 324 g/mol. The summed E-state index contributed by atoms with van der Waals surface area (Å²) in [6.07, 6.45) is 1.04. The Kier molecular flexibility index (Phi) is 5.33. The number of nitrogens with zero attached hydrogens (tertiary/aromatic N) is 4. The van der Waals surface area contributed by atoms with E-state index in [0.717, 1.165) is 37.6 Å². The normalized spacial score (nSPS) is 17.1. The lowest BCUT2D eigenvalue weighted by Gasteiger charge is -2.36. The molecule has 128 valence electrons. The quantitative estimate of drug-likeness (QED) is 0.862. The summed E-state index contributed by atoms with van der Waals surface area (Å²) < 4.78 is 0. The molecule has 1 N–H and O–H groups in total. The Hall–Kier alpha value is -1.69. The number of β-amino-alcohol motifs (C(OH)–C–C–N with tert-alkyl or cyclic N) is 1. The van der Waals surface area contributed by atoms with Crippen LogP contribution in [0.2, 0.25) is 5.15 Å². The third kappa shape index (κ3) is 4.23. The minimum Gasteiger partial charge on any atom is -0.387 e. The predicted octanol–water partition coefficient (Wildman–Crippen LogP) is 2.60. The molecule has 1 aliphatic heterocycles. The molecule has 0 radical (unpaired) electrons. The summed E-state index contributed by atoms with van der Waals surface area (Å²) in [5.41, 5.74) is 3.38. The second-order valence-electron chi connectivity index (χ2n) is 6.42. The molecule has 1 atom stereocenters. The van der Waals surface area contributed by atoms with Crippen LogP contribution in [0.1, 0.15) is 22.8 Å². The standard InChI is InChI=1S/C18H23ClN4O/c1-13-7-14(2)9-15(8-13)16(24)11-22-3-5-23(6-4-22)18-10-17(19)20-12-21-18/h7-10,12,16,24H,3-6,11H2,1-2H3. The highest BCUT2D eigenvalue weighted by Crippen LogP contribution is 2.20. The van der Waals surface area contributed by atoms with Crippen LogP contribution in [-0.4, -0.2) is 52.7 Å². The molecule has 6 heteroatoms. The van der Waals surface area contributed by atoms with E-state index in [2.05, 4.69) is 51.8 Å². The van der Waals surface area contributed by atoms with Crippen molar-refractivity contribution in [3.63, 3.8) is 0 Å². The van der Waals surface area contributed by atoms with Gasteiger partial charge in [0.25, 0.3) is 0 Å². The minimum atomic E-state index is -0.455. The van der Waals surface area contributed by atoms with Crippen molar-refractivity contribution >= 4 is 17.4 Å². The molecule has 2 heterocycles. The lowest BCUT2D eigenvalue weighted by atomic mass is 10.0. The molecule has 1 aromatic carbocycles. The lowest BCUT2D eigenvalue weighted by molar-refractivity contribution is 0.109. The van der Waals surface area contributed by atoms with Crippen LogP contribution in [0, 0.1) is 13.8 Å². The molecule has 24 heavy (non-hydrogen) atoms. The Labute approximate surface area is 147 Å². The second kappa shape index (κ2) is 7.47. The molecule has 1 unspecified atom stereocenters. The molecular formula is C18H23ClN4O. The first-order valence-corrected chi connectivity index (χ1v) is 8.60. The van der Waals surface area contributed by atoms with E-state index in [1.807, 2.05) is 0 Å². The maximum atomic E-state index is 10.5. The van der Waals surface area contributed by atoms with Crippen LogP contribution >= 0.6 is 11.6 Å². The molecule has 0 bridgehead atoms. The maximum Gasteiger partial charge on any atom is 0.134 e. The average Bonchev–Trinajstić information content (AvgIpc) is 2.54. The molecule has 0 aliphatic carbocycles. The minimum absolute atomic E-state index is 0.455. The molecule has 0 spiro atoms. The first-order valence-electron chi connectivity index (χ1n) is 8.22. The Morgan fingerprint density at radius 1 is 1.04 bits per heavy atom. The van der Waals surface area contributed by atoms with Crippen LogP contribution in [0.25, 0.3) is 0 Å². The zero-order valence-electron chi connectivity index (χ0n) is 14.1. The van der Waals surface area contributed by atoms with Crippen molar-refractivity contribution in [1.82, 2.24) is 14.9 Å². The Balaban J connectivity index is 1.57. The summed E-state index contributed by atoms with van der Waals surface area (Å²) in [6.45, 7) is 8.30. The van der Waals surface area contributed by atoms with Crippen LogP contribution in [0.5, 0.6) is 0 Å². The van der Waals surface area contributed by atoms with Crippen LogP contribution < -0.4 is 4.90 Å². The third-order valence-electron chi connectivity index (χ3n) is 4.38. The van der Waals surface area contributed by atoms with Crippen LogP contribution in [-0.2, 0) is 0 Å². The van der Waals surface area contributed by atoms with Gasteiger partial charge in [-0.3, -0.25) is 4.90 Å². The van der Waals surface area contributed by atoms with E-state index < -0.39 is 6.10 Å². The van der Waals surface area contributed by atoms with Crippen LogP contribution in [0.3, 0.4) is 0 Å². The summed E-state index contributed by atoms with van der Waals surface area (Å²) in [4.78, 5) is 12.7. The molecule has 1 aromatic heterocycles. The number of benzene rings is 1. The van der Waals surface area contributed by atoms with Crippen LogP contribution in [0.15, 0.2) is 30.6 Å². The van der Waals surface area contributed by atoms with Crippen molar-refractivity contribution < 1.29 is 5.11 Å². The van der Waals surface area contributed by atoms with Gasteiger partial charge in [-0.2, -0.15) is 0 Å². The number of piperazine rings is 1. The van der Waals surface area contributed by atoms with Crippen LogP contribution in [0.4, 0.5) is 5.82 Å². The van der Waals surface area contributed by atoms with Gasteiger partial charge in [-0.1, -0.05) is 40.9 Å². The highest BCUT2D eigenvalue weighted by Gasteiger charge is 2.21. The van der Waals surface area contributed by atoms with E-state index >= 15 is 0 Å². The summed E-state index contributed by atoms with van der Waals surface area (Å²) in [6, 6.07) is 8.05. The summed E-state index contributed by atoms with van der Waals surface area (Å²) in [7, 11) is 0. The molecule has 3 rings (SSSR count). The molecule has 1 aliphatic rings. The monoisotopic (exact) mass is 346 g/mol. The van der Waals surface area contributed by atoms with Gasteiger partial charge in [0, 0.05) is 38.8 Å². The van der Waals surface area contributed by atoms with Gasteiger partial charge in [0.2, 0.25) is 0 Å². The molecule has 2 aromatic rings. The highest BCUT2D eigenvalue weighted by atomic mass is 35.5. The predicted molar refractivity (Wildman–Crippen MR) is 96.6 cm³/mol. The Morgan fingerprint density at radius 3 is 2.33 bits per heavy atom. The van der Waals surface area contributed by atoms with Gasteiger partial charge in [-0.15, -0.1) is 0 Å². The van der Waals surface area contributed by atoms with Gasteiger partial charge >= 0.3 is 0 Å². The van der Waals surface area contributed by atoms with Gasteiger partial charge in [-0.05, 0) is 19.4 Å². The van der Waals surface area contributed by atoms with Crippen molar-refractivity contribution in [2.45, 2.75) is 20.0 Å². The average molecular weight is 347 g/mol. The van der Waals surface area contributed by atoms with Gasteiger partial charge in [0.05, 0.1) is 6.10 Å². The van der Waals surface area contributed by atoms with Crippen molar-refractivity contribution in [2.24, 2.45) is 0 Å². The van der Waals surface area contributed by atoms with E-state index in [1.165, 1.54) is 17.5 Å². The fourth-order valence-electron chi connectivity index (χ4n) is 3.21. The summed E-state index contributed by atoms with van der Waals surface area (Å²) in [5, 5.41) is 11.0. The van der Waals surface area contributed by atoms with E-state index in [9.17, 15) is 5.11 Å². The smallest absolute Gasteiger partial charge is 0.134 e. The Bertz CT molecular complexity index is 681. The van der Waals surface area contributed by atoms with E-state index in [1.54, 1.807) is 6.07 Å². The molecule has 5 nitrogen and oxygen atoms in total. The van der Waals surface area contributed by atoms with Crippen molar-refractivity contribution in [1.29, 1.82) is 0 Å². The fourth-order valence-corrected chi connectivity index (χ4v) is 3.35. The zero-order chi connectivity index (χ0) is 17.1. The first kappa shape index (κ1) is 17.1. The fraction of sp³-hybridized carbons (Fsp3) is 0.444. The topological polar surface area (TPSA) is 52.5 Å². The first-order chi connectivity index (χ1) is 11.5. The maximum absolute atomic E-state index is 10.5. The second-order valence-corrected chi connectivity index (χ2v) is 6.81. The number of rotatable bonds is 4. The van der Waals surface area contributed by atoms with Crippen molar-refractivity contribution in [3.05, 3.63) is 52.4 Å². The number of hydrogen-bond donors (Lipinski definition) is 1. The number of halogens is 1. The van der Waals surface area contributed by atoms with Gasteiger partial charge in [0.1, 0.15) is 17.3 Å². The van der Waals surface area contributed by atoms with Gasteiger partial charge in [0.15, 0.2) is 0 Å². The molecule has 1 saturated heterocycles. The van der Waals surface area contributed by atoms with Crippen molar-refractivity contribution in [3.8, 4) is 0 Å². The number of anilines is 1. The van der Waals surface area contributed by atoms with E-state index in [4.69, 9.17) is 11.6 Å². The Morgan fingerprint density at radius 2 is 1.71 bits per heavy atom. The number of aryl methyl sites for hydroxylation is 2. The van der Waals surface area contributed by atoms with Gasteiger partial charge in [-0.25, -0.2) is 9.97 Å². The zero-order valence-corrected chi connectivity index (χ0v) is 14.9. The number of aromatic nitrogens is 2. The highest BCUT2D eigenvalue weighted by molar-refractivity contribution is 6.29. The number of hydrogen-bond acceptors (Lipinski definition) is 5. The number of aliphatic hydroxyl groups excluding tert-OH is 1. The summed E-state index contributed by atoms with van der Waals surface area (Å²) >= 11 is 5.93. The van der Waals surface area contributed by atoms with E-state index in [-0.39, 0.29) is 0 Å². The molecule has 0 amide bonds. The molecule has 1 fully saturated rings. The SMILES string of the molecule is Cc1cc(C)cc(C(O)CN2CCN(c3cc(Cl)ncn3)CC2)c1. The lowest BCUT2D eigenvalue weighted by Crippen LogP contribution is -2.47. The number of aliphatic hydroxyl groups is 1. The van der Waals surface area contributed by atoms with Gasteiger partial charge < -0.3 is 10.0 Å². The largest absolute Gasteiger partial charge is 0.387 e. The summed E-state index contributed by atoms with van der Waals surface area (Å²) in [5.74, 6) is 0.865. The van der Waals surface area contributed by atoms with E-state index in [0.29, 0.717) is 11.7 Å². The van der Waals surface area contributed by atoms with Crippen molar-refractivity contribution in [2.75, 3.05) is 37.6 Å². The third-order valence-corrected chi connectivity index (χ3v) is 4.58. The molecule has 0 saturated carbocycles.